The van der Waals surface area contributed by atoms with Crippen molar-refractivity contribution >= 4 is 17.4 Å². The topological polar surface area (TPSA) is 76.6 Å². The average Bonchev–Trinajstić information content (AvgIpc) is 2.74. The fraction of sp³-hybridized carbons (Fsp3) is 0.190. The molecule has 0 fully saturated rings. The van der Waals surface area contributed by atoms with Crippen LogP contribution in [0.3, 0.4) is 0 Å². The molecule has 29 heavy (non-hydrogen) atoms. The van der Waals surface area contributed by atoms with Gasteiger partial charge in [0.1, 0.15) is 17.3 Å². The summed E-state index contributed by atoms with van der Waals surface area (Å²) in [7, 11) is 4.83. The van der Waals surface area contributed by atoms with Crippen LogP contribution in [0.2, 0.25) is 0 Å². The fourth-order valence-corrected chi connectivity index (χ4v) is 2.68. The van der Waals surface area contributed by atoms with Crippen molar-refractivity contribution in [3.05, 3.63) is 60.4 Å². The third-order valence-electron chi connectivity index (χ3n) is 4.20. The van der Waals surface area contributed by atoms with Crippen molar-refractivity contribution in [1.29, 1.82) is 0 Å². The highest BCUT2D eigenvalue weighted by atomic mass is 19.1. The minimum absolute atomic E-state index is 0.0735. The van der Waals surface area contributed by atoms with Gasteiger partial charge in [-0.15, -0.1) is 10.2 Å². The molecule has 1 N–H and O–H groups in total. The van der Waals surface area contributed by atoms with E-state index < -0.39 is 0 Å². The van der Waals surface area contributed by atoms with Crippen molar-refractivity contribution < 1.29 is 18.7 Å². The van der Waals surface area contributed by atoms with Crippen LogP contribution >= 0.6 is 0 Å². The summed E-state index contributed by atoms with van der Waals surface area (Å²) in [6, 6.07) is 14.7. The number of carbonyl (C=O) groups excluding carboxylic acids is 1. The summed E-state index contributed by atoms with van der Waals surface area (Å²) in [5.74, 6) is 1.16. The van der Waals surface area contributed by atoms with Gasteiger partial charge in [-0.1, -0.05) is 0 Å². The summed E-state index contributed by atoms with van der Waals surface area (Å²) in [6.07, 6.45) is 0. The van der Waals surface area contributed by atoms with Crippen LogP contribution in [0.1, 0.15) is 0 Å². The fourth-order valence-electron chi connectivity index (χ4n) is 2.68. The number of amides is 1. The summed E-state index contributed by atoms with van der Waals surface area (Å²) < 4.78 is 23.4. The smallest absolute Gasteiger partial charge is 0.243 e. The molecule has 0 saturated carbocycles. The number of rotatable bonds is 7. The summed E-state index contributed by atoms with van der Waals surface area (Å²) in [5, 5.41) is 11.1. The molecule has 0 aliphatic carbocycles. The van der Waals surface area contributed by atoms with Crippen LogP contribution in [0.5, 0.6) is 11.5 Å². The lowest BCUT2D eigenvalue weighted by Crippen LogP contribution is -2.30. The van der Waals surface area contributed by atoms with Gasteiger partial charge in [-0.05, 0) is 36.4 Å². The third kappa shape index (κ3) is 5.19. The maximum Gasteiger partial charge on any atom is 0.243 e. The molecule has 8 heteroatoms. The summed E-state index contributed by atoms with van der Waals surface area (Å²) in [6.45, 7) is 0.0735. The first-order chi connectivity index (χ1) is 14.0. The monoisotopic (exact) mass is 396 g/mol. The second-order valence-electron chi connectivity index (χ2n) is 6.29. The Hall–Kier alpha value is -3.68. The van der Waals surface area contributed by atoms with Crippen LogP contribution in [-0.2, 0) is 4.79 Å². The molecule has 1 heterocycles. The summed E-state index contributed by atoms with van der Waals surface area (Å²) in [4.78, 5) is 14.1. The Morgan fingerprint density at radius 2 is 1.66 bits per heavy atom. The van der Waals surface area contributed by atoms with Gasteiger partial charge in [-0.25, -0.2) is 4.39 Å². The standard InChI is InChI=1S/C21H21FN4O3/c1-26(13-21(27)23-16-10-17(28-2)12-18(11-16)29-3)20-9-8-19(24-25-20)14-4-6-15(22)7-5-14/h4-12H,13H2,1-3H3,(H,23,27). The highest BCUT2D eigenvalue weighted by Gasteiger charge is 2.11. The third-order valence-corrected chi connectivity index (χ3v) is 4.20. The Bertz CT molecular complexity index is 956. The molecule has 2 aromatic carbocycles. The van der Waals surface area contributed by atoms with E-state index in [0.29, 0.717) is 28.7 Å². The first kappa shape index (κ1) is 20.1. The zero-order valence-electron chi connectivity index (χ0n) is 16.3. The second kappa shape index (κ2) is 9.01. The predicted octanol–water partition coefficient (Wildman–Crippen LogP) is 3.37. The van der Waals surface area contributed by atoms with E-state index in [0.717, 1.165) is 5.56 Å². The molecule has 1 amide bonds. The van der Waals surface area contributed by atoms with Crippen LogP contribution < -0.4 is 19.7 Å². The minimum atomic E-state index is -0.308. The number of anilines is 2. The van der Waals surface area contributed by atoms with Crippen LogP contribution in [0.15, 0.2) is 54.6 Å². The van der Waals surface area contributed by atoms with E-state index in [2.05, 4.69) is 15.5 Å². The highest BCUT2D eigenvalue weighted by molar-refractivity contribution is 5.94. The zero-order chi connectivity index (χ0) is 20.8. The molecule has 1 aromatic heterocycles. The van der Waals surface area contributed by atoms with Gasteiger partial charge in [-0.2, -0.15) is 0 Å². The maximum absolute atomic E-state index is 13.0. The van der Waals surface area contributed by atoms with E-state index in [4.69, 9.17) is 9.47 Å². The molecule has 0 unspecified atom stereocenters. The Labute approximate surface area is 168 Å². The molecular formula is C21H21FN4O3. The van der Waals surface area contributed by atoms with E-state index in [9.17, 15) is 9.18 Å². The predicted molar refractivity (Wildman–Crippen MR) is 109 cm³/mol. The SMILES string of the molecule is COc1cc(NC(=O)CN(C)c2ccc(-c3ccc(F)cc3)nn2)cc(OC)c1. The molecule has 0 bridgehead atoms. The number of benzene rings is 2. The van der Waals surface area contributed by atoms with Gasteiger partial charge in [0.2, 0.25) is 5.91 Å². The van der Waals surface area contributed by atoms with Crippen molar-refractivity contribution in [2.24, 2.45) is 0 Å². The molecule has 150 valence electrons. The quantitative estimate of drug-likeness (QED) is 0.660. The van der Waals surface area contributed by atoms with Crippen LogP contribution in [0.4, 0.5) is 15.9 Å². The number of carbonyl (C=O) groups is 1. The van der Waals surface area contributed by atoms with E-state index in [1.165, 1.54) is 12.1 Å². The zero-order valence-corrected chi connectivity index (χ0v) is 16.3. The number of hydrogen-bond acceptors (Lipinski definition) is 6. The number of nitrogens with one attached hydrogen (secondary N) is 1. The molecule has 0 spiro atoms. The van der Waals surface area contributed by atoms with Crippen LogP contribution in [0, 0.1) is 5.82 Å². The van der Waals surface area contributed by atoms with Gasteiger partial charge in [0.25, 0.3) is 0 Å². The first-order valence-corrected chi connectivity index (χ1v) is 8.82. The Morgan fingerprint density at radius 1 is 1.00 bits per heavy atom. The lowest BCUT2D eigenvalue weighted by atomic mass is 10.1. The van der Waals surface area contributed by atoms with Crippen molar-refractivity contribution in [2.75, 3.05) is 38.0 Å². The number of nitrogens with zero attached hydrogens (tertiary/aromatic N) is 3. The second-order valence-corrected chi connectivity index (χ2v) is 6.29. The van der Waals surface area contributed by atoms with E-state index in [1.54, 1.807) is 68.6 Å². The Kier molecular flexibility index (Phi) is 6.23. The molecule has 0 atom stereocenters. The summed E-state index contributed by atoms with van der Waals surface area (Å²) >= 11 is 0. The maximum atomic E-state index is 13.0. The Balaban J connectivity index is 1.64. The van der Waals surface area contributed by atoms with Crippen molar-refractivity contribution in [3.63, 3.8) is 0 Å². The number of likely N-dealkylation sites (N-methyl/N-ethyl adjacent to an activating group) is 1. The lowest BCUT2D eigenvalue weighted by molar-refractivity contribution is -0.114. The summed E-state index contributed by atoms with van der Waals surface area (Å²) in [5.41, 5.74) is 1.95. The van der Waals surface area contributed by atoms with E-state index in [1.807, 2.05) is 0 Å². The van der Waals surface area contributed by atoms with E-state index in [-0.39, 0.29) is 18.3 Å². The normalized spacial score (nSPS) is 10.3. The molecular weight excluding hydrogens is 375 g/mol. The molecule has 0 aliphatic heterocycles. The largest absolute Gasteiger partial charge is 0.497 e. The van der Waals surface area contributed by atoms with Crippen molar-refractivity contribution in [2.45, 2.75) is 0 Å². The van der Waals surface area contributed by atoms with Crippen LogP contribution in [-0.4, -0.2) is 43.9 Å². The van der Waals surface area contributed by atoms with Gasteiger partial charge in [-0.3, -0.25) is 4.79 Å². The Morgan fingerprint density at radius 3 is 2.21 bits per heavy atom. The molecule has 0 aliphatic rings. The molecule has 7 nitrogen and oxygen atoms in total. The lowest BCUT2D eigenvalue weighted by Gasteiger charge is -2.17. The number of methoxy groups -OCH3 is 2. The highest BCUT2D eigenvalue weighted by Crippen LogP contribution is 2.26. The van der Waals surface area contributed by atoms with Gasteiger partial charge in [0.15, 0.2) is 5.82 Å². The molecule has 0 saturated heterocycles. The molecule has 3 rings (SSSR count). The molecule has 0 radical (unpaired) electrons. The van der Waals surface area contributed by atoms with Gasteiger partial charge in [0, 0.05) is 36.5 Å². The van der Waals surface area contributed by atoms with Crippen molar-refractivity contribution in [1.82, 2.24) is 10.2 Å². The van der Waals surface area contributed by atoms with Gasteiger partial charge >= 0.3 is 0 Å². The van der Waals surface area contributed by atoms with Gasteiger partial charge in [0.05, 0.1) is 26.5 Å². The van der Waals surface area contributed by atoms with Crippen LogP contribution in [0.25, 0.3) is 11.3 Å². The average molecular weight is 396 g/mol. The van der Waals surface area contributed by atoms with Crippen molar-refractivity contribution in [3.8, 4) is 22.8 Å². The van der Waals surface area contributed by atoms with Gasteiger partial charge < -0.3 is 19.7 Å². The first-order valence-electron chi connectivity index (χ1n) is 8.82. The number of ether oxygens (including phenoxy) is 2. The van der Waals surface area contributed by atoms with E-state index >= 15 is 0 Å². The number of halogens is 1. The number of hydrogen-bond donors (Lipinski definition) is 1. The minimum Gasteiger partial charge on any atom is -0.497 e. The number of aromatic nitrogens is 2. The molecule has 3 aromatic rings.